The zero-order valence-electron chi connectivity index (χ0n) is 18.7. The Hall–Kier alpha value is -3.59. The highest BCUT2D eigenvalue weighted by Crippen LogP contribution is 2.43. The van der Waals surface area contributed by atoms with Crippen molar-refractivity contribution in [1.29, 1.82) is 0 Å². The van der Waals surface area contributed by atoms with Crippen molar-refractivity contribution in [2.75, 3.05) is 7.11 Å². The third kappa shape index (κ3) is 6.22. The van der Waals surface area contributed by atoms with E-state index in [9.17, 15) is 28.1 Å². The van der Waals surface area contributed by atoms with Crippen molar-refractivity contribution in [3.05, 3.63) is 90.4 Å². The number of methoxy groups -OCH3 is 1. The fraction of sp³-hybridized carbons (Fsp3) is 0.0833. The molecule has 3 aromatic carbocycles. The van der Waals surface area contributed by atoms with E-state index in [1.807, 2.05) is 40.8 Å². The zero-order valence-corrected chi connectivity index (χ0v) is 21.7. The molecule has 0 aliphatic carbocycles. The van der Waals surface area contributed by atoms with E-state index in [1.54, 1.807) is 30.3 Å². The van der Waals surface area contributed by atoms with Crippen molar-refractivity contribution in [2.24, 2.45) is 4.99 Å². The normalized spacial score (nSPS) is 15.6. The number of hydrogen-bond donors (Lipinski definition) is 1. The third-order valence-electron chi connectivity index (χ3n) is 4.88. The molecule has 0 bridgehead atoms. The largest absolute Gasteiger partial charge is 0.493 e. The summed E-state index contributed by atoms with van der Waals surface area (Å²) in [5.74, 6) is -0.486. The zero-order chi connectivity index (χ0) is 26.7. The highest BCUT2D eigenvalue weighted by Gasteiger charge is 2.34. The summed E-state index contributed by atoms with van der Waals surface area (Å²) in [6.07, 6.45) is -3.14. The van der Waals surface area contributed by atoms with E-state index in [4.69, 9.17) is 9.47 Å². The SMILES string of the molecule is COc1cc(/C=C2\SC(=Nc3ccccc3)NC2=O)cc(I)c1Oc1ccc(C(F)(F)F)cc1[N+](=O)[O-]. The van der Waals surface area contributed by atoms with E-state index < -0.39 is 22.4 Å². The number of carbonyl (C=O) groups is 1. The lowest BCUT2D eigenvalue weighted by Gasteiger charge is -2.14. The van der Waals surface area contributed by atoms with Gasteiger partial charge in [0, 0.05) is 6.07 Å². The number of nitrogens with one attached hydrogen (secondary N) is 1. The summed E-state index contributed by atoms with van der Waals surface area (Å²) in [4.78, 5) is 27.7. The summed E-state index contributed by atoms with van der Waals surface area (Å²) < 4.78 is 50.5. The first kappa shape index (κ1) is 26.5. The number of benzene rings is 3. The van der Waals surface area contributed by atoms with Crippen LogP contribution in [0.4, 0.5) is 24.5 Å². The lowest BCUT2D eigenvalue weighted by Crippen LogP contribution is -2.19. The molecule has 1 aliphatic heterocycles. The van der Waals surface area contributed by atoms with Crippen LogP contribution in [0.3, 0.4) is 0 Å². The van der Waals surface area contributed by atoms with Gasteiger partial charge in [-0.05, 0) is 82.4 Å². The van der Waals surface area contributed by atoms with Gasteiger partial charge in [0.1, 0.15) is 0 Å². The molecule has 0 unspecified atom stereocenters. The van der Waals surface area contributed by atoms with Crippen LogP contribution >= 0.6 is 34.4 Å². The lowest BCUT2D eigenvalue weighted by atomic mass is 10.1. The summed E-state index contributed by atoms with van der Waals surface area (Å²) in [7, 11) is 1.35. The van der Waals surface area contributed by atoms with E-state index in [2.05, 4.69) is 10.3 Å². The summed E-state index contributed by atoms with van der Waals surface area (Å²) in [6, 6.07) is 14.3. The summed E-state index contributed by atoms with van der Waals surface area (Å²) in [6.45, 7) is 0. The molecule has 37 heavy (non-hydrogen) atoms. The molecule has 1 amide bonds. The number of alkyl halides is 3. The van der Waals surface area contributed by atoms with Gasteiger partial charge in [0.05, 0.1) is 31.8 Å². The van der Waals surface area contributed by atoms with Crippen LogP contribution < -0.4 is 14.8 Å². The van der Waals surface area contributed by atoms with Crippen LogP contribution in [-0.4, -0.2) is 23.1 Å². The maximum Gasteiger partial charge on any atom is 0.416 e. The van der Waals surface area contributed by atoms with Gasteiger partial charge in [-0.2, -0.15) is 13.2 Å². The highest BCUT2D eigenvalue weighted by atomic mass is 127. The molecule has 1 N–H and O–H groups in total. The molecule has 1 heterocycles. The van der Waals surface area contributed by atoms with Crippen molar-refractivity contribution >= 4 is 62.9 Å². The average molecular weight is 641 g/mol. The van der Waals surface area contributed by atoms with E-state index in [1.165, 1.54) is 7.11 Å². The van der Waals surface area contributed by atoms with Gasteiger partial charge in [-0.15, -0.1) is 0 Å². The number of nitro groups is 1. The van der Waals surface area contributed by atoms with Crippen molar-refractivity contribution in [1.82, 2.24) is 5.32 Å². The van der Waals surface area contributed by atoms with Crippen molar-refractivity contribution in [3.8, 4) is 17.2 Å². The fourth-order valence-corrected chi connectivity index (χ4v) is 4.78. The smallest absolute Gasteiger partial charge is 0.416 e. The molecular weight excluding hydrogens is 626 g/mol. The number of aliphatic imine (C=N–C) groups is 1. The molecule has 13 heteroatoms. The van der Waals surface area contributed by atoms with Crippen LogP contribution in [0.2, 0.25) is 0 Å². The first-order valence-corrected chi connectivity index (χ1v) is 12.2. The van der Waals surface area contributed by atoms with Gasteiger partial charge in [0.15, 0.2) is 16.7 Å². The lowest BCUT2D eigenvalue weighted by molar-refractivity contribution is -0.385. The average Bonchev–Trinajstić information content (AvgIpc) is 3.18. The fourth-order valence-electron chi connectivity index (χ4n) is 3.21. The number of ether oxygens (including phenoxy) is 2. The molecule has 8 nitrogen and oxygen atoms in total. The molecule has 0 aromatic heterocycles. The summed E-state index contributed by atoms with van der Waals surface area (Å²) in [5, 5.41) is 14.5. The highest BCUT2D eigenvalue weighted by molar-refractivity contribution is 14.1. The second kappa shape index (κ2) is 10.8. The van der Waals surface area contributed by atoms with Gasteiger partial charge in [-0.25, -0.2) is 4.99 Å². The minimum Gasteiger partial charge on any atom is -0.493 e. The van der Waals surface area contributed by atoms with Crippen LogP contribution in [0.25, 0.3) is 6.08 Å². The molecule has 190 valence electrons. The van der Waals surface area contributed by atoms with Gasteiger partial charge in [0.25, 0.3) is 5.91 Å². The van der Waals surface area contributed by atoms with Crippen LogP contribution in [0.15, 0.2) is 70.6 Å². The Bertz CT molecular complexity index is 1450. The van der Waals surface area contributed by atoms with E-state index in [0.717, 1.165) is 17.8 Å². The molecule has 3 aromatic rings. The van der Waals surface area contributed by atoms with Crippen LogP contribution in [0, 0.1) is 13.7 Å². The number of amidine groups is 1. The number of rotatable bonds is 6. The third-order valence-corrected chi connectivity index (χ3v) is 6.59. The Balaban J connectivity index is 1.64. The standard InChI is InChI=1S/C24H15F3IN3O5S/c1-35-19-10-13(11-20-22(32)30-23(37-20)29-15-5-3-2-4-6-15)9-16(28)21(19)36-18-8-7-14(24(25,26)27)12-17(18)31(33)34/h2-12H,1H3,(H,29,30,32)/b20-11-. The summed E-state index contributed by atoms with van der Waals surface area (Å²) in [5.41, 5.74) is -0.767. The molecule has 4 rings (SSSR count). The van der Waals surface area contributed by atoms with Crippen LogP contribution in [0.5, 0.6) is 17.2 Å². The van der Waals surface area contributed by atoms with E-state index in [0.29, 0.717) is 37.0 Å². The molecule has 0 atom stereocenters. The summed E-state index contributed by atoms with van der Waals surface area (Å²) >= 11 is 3.06. The number of hydrogen-bond acceptors (Lipinski definition) is 7. The van der Waals surface area contributed by atoms with Gasteiger partial charge in [-0.3, -0.25) is 14.9 Å². The second-order valence-corrected chi connectivity index (χ2v) is 9.58. The Morgan fingerprint density at radius 1 is 1.11 bits per heavy atom. The molecule has 1 fully saturated rings. The molecule has 1 aliphatic rings. The Kier molecular flexibility index (Phi) is 7.73. The molecule has 0 saturated carbocycles. The predicted octanol–water partition coefficient (Wildman–Crippen LogP) is 6.91. The molecule has 0 radical (unpaired) electrons. The molecule has 1 saturated heterocycles. The Morgan fingerprint density at radius 3 is 2.49 bits per heavy atom. The maximum absolute atomic E-state index is 13.0. The van der Waals surface area contributed by atoms with Gasteiger partial charge in [-0.1, -0.05) is 18.2 Å². The number of thioether (sulfide) groups is 1. The first-order chi connectivity index (χ1) is 17.5. The van der Waals surface area contributed by atoms with E-state index >= 15 is 0 Å². The van der Waals surface area contributed by atoms with Gasteiger partial charge < -0.3 is 14.8 Å². The number of para-hydroxylation sites is 1. The minimum absolute atomic E-state index is 0.0722. The van der Waals surface area contributed by atoms with Crippen molar-refractivity contribution < 1.29 is 32.4 Å². The number of nitrogens with zero attached hydrogens (tertiary/aromatic N) is 2. The monoisotopic (exact) mass is 641 g/mol. The van der Waals surface area contributed by atoms with Gasteiger partial charge >= 0.3 is 11.9 Å². The van der Waals surface area contributed by atoms with Crippen molar-refractivity contribution in [3.63, 3.8) is 0 Å². The molecule has 0 spiro atoms. The minimum atomic E-state index is -4.75. The predicted molar refractivity (Wildman–Crippen MR) is 141 cm³/mol. The Morgan fingerprint density at radius 2 is 1.84 bits per heavy atom. The number of carbonyl (C=O) groups excluding carboxylic acids is 1. The number of nitro benzene ring substituents is 1. The second-order valence-electron chi connectivity index (χ2n) is 7.39. The number of halogens is 4. The first-order valence-electron chi connectivity index (χ1n) is 10.3. The van der Waals surface area contributed by atoms with Crippen LogP contribution in [-0.2, 0) is 11.0 Å². The molecular formula is C24H15F3IN3O5S. The topological polar surface area (TPSA) is 103 Å². The van der Waals surface area contributed by atoms with Crippen LogP contribution in [0.1, 0.15) is 11.1 Å². The Labute approximate surface area is 225 Å². The quantitative estimate of drug-likeness (QED) is 0.136. The number of amides is 1. The van der Waals surface area contributed by atoms with Crippen molar-refractivity contribution in [2.45, 2.75) is 6.18 Å². The maximum atomic E-state index is 13.0. The van der Waals surface area contributed by atoms with Gasteiger partial charge in [0.2, 0.25) is 5.75 Å². The van der Waals surface area contributed by atoms with E-state index in [-0.39, 0.29) is 23.2 Å².